The monoisotopic (exact) mass is 363 g/mol. The van der Waals surface area contributed by atoms with Crippen molar-refractivity contribution in [1.82, 2.24) is 9.78 Å². The van der Waals surface area contributed by atoms with Gasteiger partial charge < -0.3 is 10.1 Å². The molecule has 0 spiro atoms. The van der Waals surface area contributed by atoms with E-state index in [1.807, 2.05) is 54.9 Å². The van der Waals surface area contributed by atoms with Crippen molar-refractivity contribution >= 4 is 11.6 Å². The van der Waals surface area contributed by atoms with E-state index in [9.17, 15) is 4.79 Å². The number of nitrogens with one attached hydrogen (secondary N) is 1. The first kappa shape index (κ1) is 18.7. The number of anilines is 1. The summed E-state index contributed by atoms with van der Waals surface area (Å²) in [5, 5.41) is 7.58. The molecular weight excluding hydrogens is 338 g/mol. The predicted molar refractivity (Wildman–Crippen MR) is 108 cm³/mol. The van der Waals surface area contributed by atoms with Gasteiger partial charge in [-0.3, -0.25) is 4.79 Å². The SMILES string of the molecule is CCCOc1ccc(C(=O)Nc2c(C)nn(-c3ccc(C)cc3)c2C)cc1. The molecule has 1 amide bonds. The maximum absolute atomic E-state index is 12.6. The average molecular weight is 363 g/mol. The van der Waals surface area contributed by atoms with Crippen molar-refractivity contribution in [1.29, 1.82) is 0 Å². The highest BCUT2D eigenvalue weighted by Gasteiger charge is 2.16. The van der Waals surface area contributed by atoms with Crippen molar-refractivity contribution in [3.8, 4) is 11.4 Å². The van der Waals surface area contributed by atoms with Crippen LogP contribution in [0.15, 0.2) is 48.5 Å². The van der Waals surface area contributed by atoms with Crippen molar-refractivity contribution in [2.75, 3.05) is 11.9 Å². The van der Waals surface area contributed by atoms with Gasteiger partial charge in [0.05, 0.1) is 29.4 Å². The molecule has 27 heavy (non-hydrogen) atoms. The second-order valence-electron chi connectivity index (χ2n) is 6.62. The zero-order valence-corrected chi connectivity index (χ0v) is 16.2. The first-order valence-electron chi connectivity index (χ1n) is 9.17. The fourth-order valence-electron chi connectivity index (χ4n) is 2.87. The van der Waals surface area contributed by atoms with Crippen LogP contribution in [0.2, 0.25) is 0 Å². The average Bonchev–Trinajstić information content (AvgIpc) is 2.95. The lowest BCUT2D eigenvalue weighted by molar-refractivity contribution is 0.102. The summed E-state index contributed by atoms with van der Waals surface area (Å²) in [5.74, 6) is 0.611. The molecule has 140 valence electrons. The highest BCUT2D eigenvalue weighted by Crippen LogP contribution is 2.24. The van der Waals surface area contributed by atoms with Gasteiger partial charge in [0.25, 0.3) is 5.91 Å². The standard InChI is InChI=1S/C22H25N3O2/c1-5-14-27-20-12-8-18(9-13-20)22(26)23-21-16(3)24-25(17(21)4)19-10-6-15(2)7-11-19/h6-13H,5,14H2,1-4H3,(H,23,26). The van der Waals surface area contributed by atoms with Gasteiger partial charge in [-0.15, -0.1) is 0 Å². The van der Waals surface area contributed by atoms with Crippen molar-refractivity contribution in [3.63, 3.8) is 0 Å². The summed E-state index contributed by atoms with van der Waals surface area (Å²) < 4.78 is 7.42. The molecule has 0 fully saturated rings. The Bertz CT molecular complexity index is 925. The molecule has 1 heterocycles. The number of rotatable bonds is 6. The molecule has 3 aromatic rings. The van der Waals surface area contributed by atoms with Gasteiger partial charge in [-0.25, -0.2) is 4.68 Å². The topological polar surface area (TPSA) is 56.1 Å². The van der Waals surface area contributed by atoms with Gasteiger partial charge in [-0.05, 0) is 63.6 Å². The molecule has 0 radical (unpaired) electrons. The fourth-order valence-corrected chi connectivity index (χ4v) is 2.87. The Labute approximate surface area is 160 Å². The molecular formula is C22H25N3O2. The summed E-state index contributed by atoms with van der Waals surface area (Å²) in [6, 6.07) is 15.3. The number of nitrogens with zero attached hydrogens (tertiary/aromatic N) is 2. The zero-order chi connectivity index (χ0) is 19.4. The third-order valence-corrected chi connectivity index (χ3v) is 4.40. The summed E-state index contributed by atoms with van der Waals surface area (Å²) in [5.41, 5.74) is 5.17. The molecule has 0 aliphatic heterocycles. The maximum atomic E-state index is 12.6. The summed E-state index contributed by atoms with van der Waals surface area (Å²) in [6.45, 7) is 8.63. The van der Waals surface area contributed by atoms with Crippen molar-refractivity contribution in [2.24, 2.45) is 0 Å². The highest BCUT2D eigenvalue weighted by atomic mass is 16.5. The third-order valence-electron chi connectivity index (χ3n) is 4.40. The van der Waals surface area contributed by atoms with E-state index >= 15 is 0 Å². The Morgan fingerprint density at radius 3 is 2.33 bits per heavy atom. The number of carbonyl (C=O) groups is 1. The molecule has 0 unspecified atom stereocenters. The number of amides is 1. The zero-order valence-electron chi connectivity index (χ0n) is 16.2. The van der Waals surface area contributed by atoms with E-state index in [1.54, 1.807) is 12.1 Å². The van der Waals surface area contributed by atoms with Crippen LogP contribution in [0, 0.1) is 20.8 Å². The first-order valence-corrected chi connectivity index (χ1v) is 9.17. The fraction of sp³-hybridized carbons (Fsp3) is 0.273. The predicted octanol–water partition coefficient (Wildman–Crippen LogP) is 4.84. The Morgan fingerprint density at radius 1 is 1.04 bits per heavy atom. The van der Waals surface area contributed by atoms with Crippen LogP contribution in [-0.2, 0) is 0 Å². The minimum Gasteiger partial charge on any atom is -0.494 e. The number of aromatic nitrogens is 2. The summed E-state index contributed by atoms with van der Waals surface area (Å²) in [6.07, 6.45) is 0.950. The highest BCUT2D eigenvalue weighted by molar-refractivity contribution is 6.05. The molecule has 0 aliphatic rings. The van der Waals surface area contributed by atoms with E-state index < -0.39 is 0 Å². The number of benzene rings is 2. The van der Waals surface area contributed by atoms with Gasteiger partial charge in [0.1, 0.15) is 5.75 Å². The quantitative estimate of drug-likeness (QED) is 0.682. The Morgan fingerprint density at radius 2 is 1.70 bits per heavy atom. The molecule has 0 aliphatic carbocycles. The maximum Gasteiger partial charge on any atom is 0.255 e. The molecule has 3 rings (SSSR count). The molecule has 1 N–H and O–H groups in total. The van der Waals surface area contributed by atoms with Gasteiger partial charge in [0.2, 0.25) is 0 Å². The lowest BCUT2D eigenvalue weighted by atomic mass is 10.2. The van der Waals surface area contributed by atoms with Crippen LogP contribution in [0.25, 0.3) is 5.69 Å². The Balaban J connectivity index is 1.79. The minimum absolute atomic E-state index is 0.160. The largest absolute Gasteiger partial charge is 0.494 e. The molecule has 5 nitrogen and oxygen atoms in total. The van der Waals surface area contributed by atoms with Crippen LogP contribution in [-0.4, -0.2) is 22.3 Å². The van der Waals surface area contributed by atoms with Gasteiger partial charge in [0.15, 0.2) is 0 Å². The molecule has 1 aromatic heterocycles. The van der Waals surface area contributed by atoms with Crippen molar-refractivity contribution in [2.45, 2.75) is 34.1 Å². The van der Waals surface area contributed by atoms with Crippen LogP contribution in [0.5, 0.6) is 5.75 Å². The first-order chi connectivity index (χ1) is 13.0. The third kappa shape index (κ3) is 4.19. The lowest BCUT2D eigenvalue weighted by Gasteiger charge is -2.08. The Kier molecular flexibility index (Phi) is 5.60. The van der Waals surface area contributed by atoms with E-state index in [-0.39, 0.29) is 5.91 Å². The van der Waals surface area contributed by atoms with E-state index in [0.29, 0.717) is 12.2 Å². The number of carbonyl (C=O) groups excluding carboxylic acids is 1. The van der Waals surface area contributed by atoms with Gasteiger partial charge >= 0.3 is 0 Å². The van der Waals surface area contributed by atoms with Crippen LogP contribution >= 0.6 is 0 Å². The molecule has 0 saturated heterocycles. The molecule has 0 atom stereocenters. The number of hydrogen-bond donors (Lipinski definition) is 1. The van der Waals surface area contributed by atoms with E-state index in [1.165, 1.54) is 5.56 Å². The molecule has 5 heteroatoms. The van der Waals surface area contributed by atoms with E-state index in [2.05, 4.69) is 24.3 Å². The normalized spacial score (nSPS) is 10.7. The number of ether oxygens (including phenoxy) is 1. The van der Waals surface area contributed by atoms with Crippen LogP contribution in [0.1, 0.15) is 40.7 Å². The van der Waals surface area contributed by atoms with Crippen LogP contribution in [0.3, 0.4) is 0 Å². The summed E-state index contributed by atoms with van der Waals surface area (Å²) >= 11 is 0. The van der Waals surface area contributed by atoms with Gasteiger partial charge in [-0.1, -0.05) is 24.6 Å². The van der Waals surface area contributed by atoms with Crippen LogP contribution in [0.4, 0.5) is 5.69 Å². The second kappa shape index (κ2) is 8.08. The number of aryl methyl sites for hydroxylation is 2. The van der Waals surface area contributed by atoms with Crippen molar-refractivity contribution in [3.05, 3.63) is 71.0 Å². The molecule has 0 bridgehead atoms. The van der Waals surface area contributed by atoms with Crippen molar-refractivity contribution < 1.29 is 9.53 Å². The second-order valence-corrected chi connectivity index (χ2v) is 6.62. The molecule has 0 saturated carbocycles. The Hall–Kier alpha value is -3.08. The van der Waals surface area contributed by atoms with Crippen LogP contribution < -0.4 is 10.1 Å². The smallest absolute Gasteiger partial charge is 0.255 e. The summed E-state index contributed by atoms with van der Waals surface area (Å²) in [4.78, 5) is 12.6. The van der Waals surface area contributed by atoms with E-state index in [4.69, 9.17) is 4.74 Å². The number of hydrogen-bond acceptors (Lipinski definition) is 3. The minimum atomic E-state index is -0.160. The van der Waals surface area contributed by atoms with Gasteiger partial charge in [0, 0.05) is 5.56 Å². The summed E-state index contributed by atoms with van der Waals surface area (Å²) in [7, 11) is 0. The van der Waals surface area contributed by atoms with Gasteiger partial charge in [-0.2, -0.15) is 5.10 Å². The molecule has 2 aromatic carbocycles. The lowest BCUT2D eigenvalue weighted by Crippen LogP contribution is -2.13. The van der Waals surface area contributed by atoms with E-state index in [0.717, 1.165) is 34.9 Å².